The van der Waals surface area contributed by atoms with Crippen LogP contribution in [0, 0.1) is 17.1 Å². The molecule has 154 valence electrons. The zero-order valence-corrected chi connectivity index (χ0v) is 15.7. The Kier molecular flexibility index (Phi) is 5.03. The number of hydrogen-bond acceptors (Lipinski definition) is 4. The van der Waals surface area contributed by atoms with Crippen LogP contribution in [0.3, 0.4) is 0 Å². The van der Waals surface area contributed by atoms with Crippen LogP contribution in [0.5, 0.6) is 0 Å². The van der Waals surface area contributed by atoms with E-state index in [1.165, 1.54) is 24.5 Å². The molecule has 7 nitrogen and oxygen atoms in total. The Morgan fingerprint density at radius 1 is 1.20 bits per heavy atom. The van der Waals surface area contributed by atoms with Crippen molar-refractivity contribution in [1.82, 2.24) is 15.0 Å². The number of alkyl halides is 2. The molecule has 3 aromatic rings. The lowest BCUT2D eigenvalue weighted by atomic mass is 9.83. The number of nitrogens with zero attached hydrogens (tertiary/aromatic N) is 3. The monoisotopic (exact) mass is 414 g/mol. The molecule has 1 aliphatic carbocycles. The summed E-state index contributed by atoms with van der Waals surface area (Å²) in [4.78, 5) is 23.3. The second-order valence-electron chi connectivity index (χ2n) is 7.23. The number of aromatic amines is 1. The van der Waals surface area contributed by atoms with Crippen molar-refractivity contribution >= 4 is 28.4 Å². The molecule has 4 rings (SSSR count). The summed E-state index contributed by atoms with van der Waals surface area (Å²) in [6.45, 7) is 0. The zero-order chi connectivity index (χ0) is 21.3. The molecule has 0 aliphatic heterocycles. The van der Waals surface area contributed by atoms with Gasteiger partial charge in [0.1, 0.15) is 17.5 Å². The molecule has 3 N–H and O–H groups in total. The maximum atomic E-state index is 13.4. The Balaban J connectivity index is 1.47. The van der Waals surface area contributed by atoms with E-state index in [1.54, 1.807) is 0 Å². The molecule has 0 spiro atoms. The third-order valence-electron chi connectivity index (χ3n) is 5.15. The van der Waals surface area contributed by atoms with Gasteiger partial charge in [0, 0.05) is 30.3 Å². The van der Waals surface area contributed by atoms with Gasteiger partial charge in [0.25, 0.3) is 0 Å². The first-order chi connectivity index (χ1) is 14.3. The summed E-state index contributed by atoms with van der Waals surface area (Å²) in [6, 6.07) is 4.12. The number of carbonyl (C=O) groups excluding carboxylic acids is 1. The standard InChI is InChI=1S/C20H17F3N6O/c21-13-6-15-16(10-27-18(15)26-8-13)29-19(30)28-14-5-12(7-24)17(25-9-14)11-1-3-20(22,23)4-2-11/h5-6,8-11H,1-4H2,(H,26,27)(H2,28,29,30). The van der Waals surface area contributed by atoms with Gasteiger partial charge in [-0.05, 0) is 25.0 Å². The molecule has 0 aromatic carbocycles. The molecule has 3 heterocycles. The van der Waals surface area contributed by atoms with Crippen molar-refractivity contribution in [3.63, 3.8) is 0 Å². The van der Waals surface area contributed by atoms with Crippen molar-refractivity contribution in [1.29, 1.82) is 5.26 Å². The van der Waals surface area contributed by atoms with Gasteiger partial charge in [-0.15, -0.1) is 0 Å². The van der Waals surface area contributed by atoms with Crippen LogP contribution >= 0.6 is 0 Å². The smallest absolute Gasteiger partial charge is 0.323 e. The first-order valence-corrected chi connectivity index (χ1v) is 9.33. The van der Waals surface area contributed by atoms with E-state index >= 15 is 0 Å². The van der Waals surface area contributed by atoms with E-state index in [1.807, 2.05) is 6.07 Å². The summed E-state index contributed by atoms with van der Waals surface area (Å²) < 4.78 is 40.2. The minimum absolute atomic E-state index is 0.212. The second-order valence-corrected chi connectivity index (χ2v) is 7.23. The molecule has 3 aromatic heterocycles. The van der Waals surface area contributed by atoms with E-state index in [0.717, 1.165) is 6.20 Å². The normalized spacial score (nSPS) is 16.2. The molecule has 1 saturated carbocycles. The summed E-state index contributed by atoms with van der Waals surface area (Å²) in [5, 5.41) is 15.0. The number of H-pyrrole nitrogens is 1. The Morgan fingerprint density at radius 2 is 1.97 bits per heavy atom. The fraction of sp³-hybridized carbons (Fsp3) is 0.300. The molecule has 0 unspecified atom stereocenters. The number of nitriles is 1. The Morgan fingerprint density at radius 3 is 2.70 bits per heavy atom. The predicted molar refractivity (Wildman–Crippen MR) is 104 cm³/mol. The Bertz CT molecular complexity index is 1140. The molecule has 0 bridgehead atoms. The molecule has 1 aliphatic rings. The molecular formula is C20H17F3N6O. The van der Waals surface area contributed by atoms with Crippen molar-refractivity contribution < 1.29 is 18.0 Å². The van der Waals surface area contributed by atoms with Crippen LogP contribution in [-0.4, -0.2) is 26.9 Å². The Hall–Kier alpha value is -3.61. The average Bonchev–Trinajstić information content (AvgIpc) is 3.10. The van der Waals surface area contributed by atoms with Gasteiger partial charge in [0.05, 0.1) is 35.0 Å². The number of urea groups is 1. The summed E-state index contributed by atoms with van der Waals surface area (Å²) in [6.07, 6.45) is 3.99. The largest absolute Gasteiger partial charge is 0.344 e. The number of anilines is 2. The molecular weight excluding hydrogens is 397 g/mol. The molecule has 2 amide bonds. The fourth-order valence-corrected chi connectivity index (χ4v) is 3.64. The van der Waals surface area contributed by atoms with Crippen LogP contribution in [0.15, 0.2) is 30.7 Å². The van der Waals surface area contributed by atoms with Crippen LogP contribution in [-0.2, 0) is 0 Å². The highest BCUT2D eigenvalue weighted by Crippen LogP contribution is 2.41. The van der Waals surface area contributed by atoms with Crippen molar-refractivity contribution in [2.75, 3.05) is 10.6 Å². The second kappa shape index (κ2) is 7.67. The van der Waals surface area contributed by atoms with Crippen molar-refractivity contribution in [2.45, 2.75) is 37.5 Å². The zero-order valence-electron chi connectivity index (χ0n) is 15.7. The Labute approximate surface area is 169 Å². The number of hydrogen-bond donors (Lipinski definition) is 3. The summed E-state index contributed by atoms with van der Waals surface area (Å²) in [7, 11) is 0. The van der Waals surface area contributed by atoms with Gasteiger partial charge in [-0.3, -0.25) is 4.98 Å². The molecule has 0 radical (unpaired) electrons. The topological polar surface area (TPSA) is 106 Å². The van der Waals surface area contributed by atoms with E-state index in [9.17, 15) is 23.2 Å². The lowest BCUT2D eigenvalue weighted by Gasteiger charge is -2.28. The predicted octanol–water partition coefficient (Wildman–Crippen LogP) is 4.91. The van der Waals surface area contributed by atoms with Crippen LogP contribution in [0.25, 0.3) is 11.0 Å². The SMILES string of the molecule is N#Cc1cc(NC(=O)Nc2c[nH]c3ncc(F)cc23)cnc1C1CCC(F)(F)CC1. The molecule has 1 fully saturated rings. The van der Waals surface area contributed by atoms with Gasteiger partial charge in [-0.1, -0.05) is 0 Å². The number of amides is 2. The third-order valence-corrected chi connectivity index (χ3v) is 5.15. The quantitative estimate of drug-likeness (QED) is 0.566. The summed E-state index contributed by atoms with van der Waals surface area (Å²) in [5.41, 5.74) is 1.74. The van der Waals surface area contributed by atoms with Crippen LogP contribution in [0.1, 0.15) is 42.9 Å². The molecule has 0 saturated heterocycles. The van der Waals surface area contributed by atoms with Crippen LogP contribution in [0.2, 0.25) is 0 Å². The molecule has 0 atom stereocenters. The minimum atomic E-state index is -2.66. The molecule has 10 heteroatoms. The summed E-state index contributed by atoms with van der Waals surface area (Å²) >= 11 is 0. The number of aromatic nitrogens is 3. The number of rotatable bonds is 3. The van der Waals surface area contributed by atoms with E-state index in [2.05, 4.69) is 25.6 Å². The lowest BCUT2D eigenvalue weighted by molar-refractivity contribution is -0.0385. The van der Waals surface area contributed by atoms with Gasteiger partial charge < -0.3 is 15.6 Å². The third kappa shape index (κ3) is 4.05. The number of fused-ring (bicyclic) bond motifs is 1. The summed E-state index contributed by atoms with van der Waals surface area (Å²) in [5.74, 6) is -3.41. The van der Waals surface area contributed by atoms with Crippen molar-refractivity contribution in [3.8, 4) is 6.07 Å². The van der Waals surface area contributed by atoms with Crippen molar-refractivity contribution in [3.05, 3.63) is 47.8 Å². The van der Waals surface area contributed by atoms with Crippen molar-refractivity contribution in [2.24, 2.45) is 0 Å². The number of pyridine rings is 2. The van der Waals surface area contributed by atoms with Gasteiger partial charge in [0.15, 0.2) is 0 Å². The average molecular weight is 414 g/mol. The van der Waals surface area contributed by atoms with Gasteiger partial charge in [-0.2, -0.15) is 5.26 Å². The molecule has 30 heavy (non-hydrogen) atoms. The van der Waals surface area contributed by atoms with Gasteiger partial charge >= 0.3 is 6.03 Å². The number of carbonyl (C=O) groups is 1. The number of halogens is 3. The van der Waals surface area contributed by atoms with E-state index < -0.39 is 17.8 Å². The van der Waals surface area contributed by atoms with E-state index in [0.29, 0.717) is 22.4 Å². The van der Waals surface area contributed by atoms with Gasteiger partial charge in [-0.25, -0.2) is 22.9 Å². The fourth-order valence-electron chi connectivity index (χ4n) is 3.64. The van der Waals surface area contributed by atoms with Crippen LogP contribution in [0.4, 0.5) is 29.3 Å². The maximum Gasteiger partial charge on any atom is 0.323 e. The van der Waals surface area contributed by atoms with Gasteiger partial charge in [0.2, 0.25) is 5.92 Å². The highest BCUT2D eigenvalue weighted by Gasteiger charge is 2.36. The van der Waals surface area contributed by atoms with Crippen LogP contribution < -0.4 is 10.6 Å². The first kappa shape index (κ1) is 19.7. The lowest BCUT2D eigenvalue weighted by Crippen LogP contribution is -2.24. The van der Waals surface area contributed by atoms with E-state index in [4.69, 9.17) is 0 Å². The highest BCUT2D eigenvalue weighted by atomic mass is 19.3. The first-order valence-electron chi connectivity index (χ1n) is 9.33. The maximum absolute atomic E-state index is 13.4. The minimum Gasteiger partial charge on any atom is -0.344 e. The highest BCUT2D eigenvalue weighted by molar-refractivity contribution is 6.05. The van der Waals surface area contributed by atoms with E-state index in [-0.39, 0.29) is 42.9 Å². The number of nitrogens with one attached hydrogen (secondary N) is 3.